The van der Waals surface area contributed by atoms with Gasteiger partial charge in [-0.15, -0.1) is 0 Å². The average molecular weight is 228 g/mol. The van der Waals surface area contributed by atoms with Gasteiger partial charge in [-0.05, 0) is 19.5 Å². The number of benzene rings is 1. The molecule has 0 heterocycles. The van der Waals surface area contributed by atoms with E-state index in [4.69, 9.17) is 11.6 Å². The molecule has 0 saturated heterocycles. The van der Waals surface area contributed by atoms with Gasteiger partial charge in [0.2, 0.25) is 0 Å². The van der Waals surface area contributed by atoms with Gasteiger partial charge in [-0.25, -0.2) is 4.39 Å². The van der Waals surface area contributed by atoms with Gasteiger partial charge in [-0.3, -0.25) is 0 Å². The van der Waals surface area contributed by atoms with Gasteiger partial charge in [-0.2, -0.15) is 0 Å². The summed E-state index contributed by atoms with van der Waals surface area (Å²) in [5.74, 6) is -0.352. The Kier molecular flexibility index (Phi) is 4.79. The van der Waals surface area contributed by atoms with Crippen molar-refractivity contribution in [1.82, 2.24) is 5.32 Å². The summed E-state index contributed by atoms with van der Waals surface area (Å²) < 4.78 is 13.5. The molecule has 0 atom stereocenters. The Morgan fingerprint density at radius 3 is 2.93 bits per heavy atom. The lowest BCUT2D eigenvalue weighted by Gasteiger charge is -2.03. The van der Waals surface area contributed by atoms with E-state index in [0.717, 1.165) is 18.7 Å². The van der Waals surface area contributed by atoms with Crippen LogP contribution < -0.4 is 5.32 Å². The minimum atomic E-state index is -0.352. The van der Waals surface area contributed by atoms with Crippen LogP contribution in [0.2, 0.25) is 5.02 Å². The summed E-state index contributed by atoms with van der Waals surface area (Å²) in [6.07, 6.45) is 1.81. The molecule has 82 valence electrons. The van der Waals surface area contributed by atoms with Crippen molar-refractivity contribution >= 4 is 17.7 Å². The van der Waals surface area contributed by atoms with E-state index < -0.39 is 0 Å². The van der Waals surface area contributed by atoms with E-state index in [9.17, 15) is 4.39 Å². The molecule has 0 radical (unpaired) electrons. The van der Waals surface area contributed by atoms with Crippen molar-refractivity contribution in [3.8, 4) is 0 Å². The lowest BCUT2D eigenvalue weighted by Crippen LogP contribution is -2.14. The fraction of sp³-hybridized carbons (Fsp3) is 0.333. The Labute approximate surface area is 95.0 Å². The zero-order valence-corrected chi connectivity index (χ0v) is 9.74. The van der Waals surface area contributed by atoms with Crippen molar-refractivity contribution in [2.45, 2.75) is 13.8 Å². The molecule has 0 aromatic heterocycles. The van der Waals surface area contributed by atoms with Gasteiger partial charge < -0.3 is 5.32 Å². The summed E-state index contributed by atoms with van der Waals surface area (Å²) in [6.45, 7) is 5.67. The number of nitrogens with one attached hydrogen (secondary N) is 1. The highest BCUT2D eigenvalue weighted by atomic mass is 35.5. The van der Waals surface area contributed by atoms with Crippen molar-refractivity contribution in [2.75, 3.05) is 13.1 Å². The zero-order valence-electron chi connectivity index (χ0n) is 8.98. The first kappa shape index (κ1) is 12.2. The molecule has 0 amide bonds. The van der Waals surface area contributed by atoms with Crippen LogP contribution in [0, 0.1) is 5.82 Å². The lowest BCUT2D eigenvalue weighted by atomic mass is 10.1. The molecule has 0 fully saturated rings. The largest absolute Gasteiger partial charge is 0.313 e. The van der Waals surface area contributed by atoms with Crippen LogP contribution in [0.15, 0.2) is 23.8 Å². The first-order valence-electron chi connectivity index (χ1n) is 4.97. The first-order chi connectivity index (χ1) is 7.15. The van der Waals surface area contributed by atoms with Crippen LogP contribution >= 0.6 is 11.6 Å². The van der Waals surface area contributed by atoms with Crippen LogP contribution in [-0.2, 0) is 0 Å². The Morgan fingerprint density at radius 2 is 2.27 bits per heavy atom. The summed E-state index contributed by atoms with van der Waals surface area (Å²) in [7, 11) is 0. The van der Waals surface area contributed by atoms with E-state index >= 15 is 0 Å². The molecule has 1 N–H and O–H groups in total. The third kappa shape index (κ3) is 3.65. The standard InChI is InChI=1S/C12H15ClFN/c1-3-15-8-9(2)7-10-5-4-6-11(13)12(10)14/h4-7,15H,3,8H2,1-2H3/b9-7+. The highest BCUT2D eigenvalue weighted by Crippen LogP contribution is 2.19. The molecule has 0 spiro atoms. The summed E-state index contributed by atoms with van der Waals surface area (Å²) in [6, 6.07) is 5.02. The molecule has 0 unspecified atom stereocenters. The van der Waals surface area contributed by atoms with Crippen molar-refractivity contribution in [2.24, 2.45) is 0 Å². The van der Waals surface area contributed by atoms with Crippen LogP contribution in [0.25, 0.3) is 6.08 Å². The maximum absolute atomic E-state index is 13.5. The second kappa shape index (κ2) is 5.89. The summed E-state index contributed by atoms with van der Waals surface area (Å²) in [5.41, 5.74) is 1.62. The van der Waals surface area contributed by atoms with Crippen LogP contribution in [0.5, 0.6) is 0 Å². The summed E-state index contributed by atoms with van der Waals surface area (Å²) in [4.78, 5) is 0. The molecular formula is C12H15ClFN. The number of hydrogen-bond donors (Lipinski definition) is 1. The van der Waals surface area contributed by atoms with Crippen molar-refractivity contribution in [3.05, 3.63) is 40.2 Å². The minimum Gasteiger partial charge on any atom is -0.313 e. The monoisotopic (exact) mass is 227 g/mol. The molecule has 3 heteroatoms. The highest BCUT2D eigenvalue weighted by molar-refractivity contribution is 6.30. The lowest BCUT2D eigenvalue weighted by molar-refractivity contribution is 0.625. The minimum absolute atomic E-state index is 0.167. The molecule has 15 heavy (non-hydrogen) atoms. The average Bonchev–Trinajstić information content (AvgIpc) is 2.22. The number of rotatable bonds is 4. The molecule has 0 aliphatic rings. The molecule has 1 aromatic rings. The van der Waals surface area contributed by atoms with E-state index in [2.05, 4.69) is 5.32 Å². The smallest absolute Gasteiger partial charge is 0.148 e. The second-order valence-electron chi connectivity index (χ2n) is 3.41. The molecule has 0 aliphatic carbocycles. The predicted molar refractivity (Wildman–Crippen MR) is 63.6 cm³/mol. The molecular weight excluding hydrogens is 213 g/mol. The van der Waals surface area contributed by atoms with Gasteiger partial charge in [0.15, 0.2) is 0 Å². The fourth-order valence-corrected chi connectivity index (χ4v) is 1.45. The maximum atomic E-state index is 13.5. The van der Waals surface area contributed by atoms with Crippen molar-refractivity contribution < 1.29 is 4.39 Å². The van der Waals surface area contributed by atoms with Gasteiger partial charge >= 0.3 is 0 Å². The molecule has 1 aromatic carbocycles. The third-order valence-electron chi connectivity index (χ3n) is 2.04. The Balaban J connectivity index is 2.83. The number of halogens is 2. The molecule has 1 rings (SSSR count). The van der Waals surface area contributed by atoms with Crippen LogP contribution in [0.3, 0.4) is 0 Å². The number of likely N-dealkylation sites (N-methyl/N-ethyl adjacent to an activating group) is 1. The quantitative estimate of drug-likeness (QED) is 0.830. The summed E-state index contributed by atoms with van der Waals surface area (Å²) in [5, 5.41) is 3.35. The maximum Gasteiger partial charge on any atom is 0.148 e. The normalized spacial score (nSPS) is 11.9. The SMILES string of the molecule is CCNC/C(C)=C/c1cccc(Cl)c1F. The van der Waals surface area contributed by atoms with Crippen LogP contribution in [-0.4, -0.2) is 13.1 Å². The van der Waals surface area contributed by atoms with Gasteiger partial charge in [0.1, 0.15) is 5.82 Å². The molecule has 1 nitrogen and oxygen atoms in total. The molecule has 0 bridgehead atoms. The third-order valence-corrected chi connectivity index (χ3v) is 2.33. The van der Waals surface area contributed by atoms with Gasteiger partial charge in [0, 0.05) is 12.1 Å². The van der Waals surface area contributed by atoms with E-state index in [-0.39, 0.29) is 10.8 Å². The highest BCUT2D eigenvalue weighted by Gasteiger charge is 2.03. The Morgan fingerprint density at radius 1 is 1.53 bits per heavy atom. The molecule has 0 aliphatic heterocycles. The predicted octanol–water partition coefficient (Wildman–Crippen LogP) is 3.49. The number of hydrogen-bond acceptors (Lipinski definition) is 1. The van der Waals surface area contributed by atoms with E-state index in [1.165, 1.54) is 0 Å². The van der Waals surface area contributed by atoms with Crippen molar-refractivity contribution in [3.63, 3.8) is 0 Å². The fourth-order valence-electron chi connectivity index (χ4n) is 1.27. The van der Waals surface area contributed by atoms with Gasteiger partial charge in [0.25, 0.3) is 0 Å². The zero-order chi connectivity index (χ0) is 11.3. The van der Waals surface area contributed by atoms with Crippen molar-refractivity contribution in [1.29, 1.82) is 0 Å². The summed E-state index contributed by atoms with van der Waals surface area (Å²) >= 11 is 5.68. The topological polar surface area (TPSA) is 12.0 Å². The molecule has 0 saturated carbocycles. The van der Waals surface area contributed by atoms with E-state index in [1.807, 2.05) is 19.9 Å². The second-order valence-corrected chi connectivity index (χ2v) is 3.82. The van der Waals surface area contributed by atoms with Crippen LogP contribution in [0.1, 0.15) is 19.4 Å². The van der Waals surface area contributed by atoms with E-state index in [1.54, 1.807) is 18.2 Å². The van der Waals surface area contributed by atoms with Gasteiger partial charge in [-0.1, -0.05) is 42.3 Å². The Bertz CT molecular complexity index is 361. The van der Waals surface area contributed by atoms with E-state index in [0.29, 0.717) is 5.56 Å². The van der Waals surface area contributed by atoms with Gasteiger partial charge in [0.05, 0.1) is 5.02 Å². The Hall–Kier alpha value is -0.860. The van der Waals surface area contributed by atoms with Crippen LogP contribution in [0.4, 0.5) is 4.39 Å². The first-order valence-corrected chi connectivity index (χ1v) is 5.35.